The number of nitrogens with one attached hydrogen (secondary N) is 2. The van der Waals surface area contributed by atoms with Crippen molar-refractivity contribution in [2.45, 2.75) is 31.7 Å². The van der Waals surface area contributed by atoms with Gasteiger partial charge in [-0.25, -0.2) is 4.98 Å². The van der Waals surface area contributed by atoms with Gasteiger partial charge >= 0.3 is 0 Å². The minimum Gasteiger partial charge on any atom is -0.345 e. The molecule has 1 aromatic heterocycles. The second-order valence-electron chi connectivity index (χ2n) is 5.45. The van der Waals surface area contributed by atoms with Crippen LogP contribution in [0.1, 0.15) is 29.9 Å². The first-order valence-electron chi connectivity index (χ1n) is 6.90. The first kappa shape index (κ1) is 11.7. The summed E-state index contributed by atoms with van der Waals surface area (Å²) in [7, 11) is 0. The second-order valence-corrected chi connectivity index (χ2v) is 6.31. The number of fused-ring (bicyclic) bond motifs is 3. The molecule has 1 atom stereocenters. The first-order chi connectivity index (χ1) is 9.31. The van der Waals surface area contributed by atoms with E-state index in [1.54, 1.807) is 0 Å². The number of imidazole rings is 1. The predicted molar refractivity (Wildman–Crippen MR) is 79.3 cm³/mol. The fourth-order valence-corrected chi connectivity index (χ4v) is 3.72. The zero-order valence-electron chi connectivity index (χ0n) is 10.7. The van der Waals surface area contributed by atoms with Gasteiger partial charge < -0.3 is 10.3 Å². The number of hydrogen-bond acceptors (Lipinski definition) is 2. The van der Waals surface area contributed by atoms with E-state index < -0.39 is 0 Å². The molecule has 1 unspecified atom stereocenters. The summed E-state index contributed by atoms with van der Waals surface area (Å²) in [5.74, 6) is 1.13. The molecule has 19 heavy (non-hydrogen) atoms. The Morgan fingerprint density at radius 3 is 3.16 bits per heavy atom. The van der Waals surface area contributed by atoms with E-state index in [1.807, 2.05) is 0 Å². The van der Waals surface area contributed by atoms with Crippen LogP contribution in [0.2, 0.25) is 0 Å². The summed E-state index contributed by atoms with van der Waals surface area (Å²) < 4.78 is 1.19. The van der Waals surface area contributed by atoms with Crippen molar-refractivity contribution in [2.24, 2.45) is 0 Å². The Bertz CT molecular complexity index is 626. The van der Waals surface area contributed by atoms with Crippen LogP contribution in [0.5, 0.6) is 0 Å². The predicted octanol–water partition coefficient (Wildman–Crippen LogP) is 3.04. The van der Waals surface area contributed by atoms with E-state index in [0.717, 1.165) is 30.9 Å². The van der Waals surface area contributed by atoms with Crippen LogP contribution in [-0.2, 0) is 12.8 Å². The summed E-state index contributed by atoms with van der Waals surface area (Å²) in [4.78, 5) is 8.34. The third-order valence-electron chi connectivity index (χ3n) is 4.16. The minimum atomic E-state index is 0.605. The topological polar surface area (TPSA) is 40.7 Å². The average Bonchev–Trinajstić information content (AvgIpc) is 3.07. The van der Waals surface area contributed by atoms with Gasteiger partial charge in [0.1, 0.15) is 5.82 Å². The Hall–Kier alpha value is -1.13. The molecule has 0 radical (unpaired) electrons. The van der Waals surface area contributed by atoms with E-state index in [4.69, 9.17) is 4.98 Å². The van der Waals surface area contributed by atoms with Crippen molar-refractivity contribution in [3.05, 3.63) is 39.8 Å². The maximum atomic E-state index is 4.82. The normalized spacial score (nSPS) is 20.6. The van der Waals surface area contributed by atoms with E-state index in [-0.39, 0.29) is 0 Å². The quantitative estimate of drug-likeness (QED) is 0.762. The Morgan fingerprint density at radius 2 is 2.32 bits per heavy atom. The summed E-state index contributed by atoms with van der Waals surface area (Å²) in [5, 5.41) is 3.53. The van der Waals surface area contributed by atoms with Crippen LogP contribution in [0.15, 0.2) is 22.7 Å². The lowest BCUT2D eigenvalue weighted by Crippen LogP contribution is -2.24. The molecular weight excluding hydrogens is 302 g/mol. The number of H-pyrrole nitrogens is 1. The number of halogens is 1. The second kappa shape index (κ2) is 4.46. The Morgan fingerprint density at radius 1 is 1.37 bits per heavy atom. The van der Waals surface area contributed by atoms with Gasteiger partial charge in [-0.05, 0) is 31.0 Å². The smallest absolute Gasteiger partial charge is 0.108 e. The summed E-state index contributed by atoms with van der Waals surface area (Å²) in [6.45, 7) is 1.15. The number of nitrogens with zero attached hydrogens (tertiary/aromatic N) is 1. The van der Waals surface area contributed by atoms with E-state index in [9.17, 15) is 0 Å². The molecule has 1 aliphatic carbocycles. The standard InChI is InChI=1S/C15H16BrN3/c16-12-5-1-4-10-11(12)8-13-15(10)19-14(18-13)7-9-3-2-6-17-9/h1,4-5,9,17H,2-3,6-8H2,(H,18,19). The summed E-state index contributed by atoms with van der Waals surface area (Å²) in [5.41, 5.74) is 5.08. The highest BCUT2D eigenvalue weighted by Gasteiger charge is 2.25. The van der Waals surface area contributed by atoms with E-state index in [1.165, 1.54) is 34.1 Å². The molecule has 3 nitrogen and oxygen atoms in total. The zero-order chi connectivity index (χ0) is 12.8. The molecule has 2 heterocycles. The van der Waals surface area contributed by atoms with E-state index in [0.29, 0.717) is 6.04 Å². The molecule has 0 amide bonds. The number of benzene rings is 1. The number of aromatic nitrogens is 2. The Balaban J connectivity index is 1.65. The maximum absolute atomic E-state index is 4.82. The van der Waals surface area contributed by atoms with Gasteiger partial charge in [-0.3, -0.25) is 0 Å². The van der Waals surface area contributed by atoms with Gasteiger partial charge in [-0.1, -0.05) is 28.1 Å². The molecule has 0 spiro atoms. The zero-order valence-corrected chi connectivity index (χ0v) is 12.3. The summed E-state index contributed by atoms with van der Waals surface area (Å²) >= 11 is 3.63. The third-order valence-corrected chi connectivity index (χ3v) is 4.90. The van der Waals surface area contributed by atoms with Crippen molar-refractivity contribution in [1.29, 1.82) is 0 Å². The average molecular weight is 318 g/mol. The first-order valence-corrected chi connectivity index (χ1v) is 7.69. The molecule has 4 heteroatoms. The fourth-order valence-electron chi connectivity index (χ4n) is 3.21. The van der Waals surface area contributed by atoms with Crippen LogP contribution in [0.3, 0.4) is 0 Å². The van der Waals surface area contributed by atoms with Gasteiger partial charge in [0.05, 0.1) is 5.69 Å². The van der Waals surface area contributed by atoms with Crippen LogP contribution >= 0.6 is 15.9 Å². The Kier molecular flexibility index (Phi) is 2.74. The van der Waals surface area contributed by atoms with E-state index in [2.05, 4.69) is 44.4 Å². The van der Waals surface area contributed by atoms with Crippen LogP contribution in [0.4, 0.5) is 0 Å². The lowest BCUT2D eigenvalue weighted by atomic mass is 10.1. The van der Waals surface area contributed by atoms with Crippen LogP contribution in [0, 0.1) is 0 Å². The lowest BCUT2D eigenvalue weighted by molar-refractivity contribution is 0.588. The molecule has 0 bridgehead atoms. The van der Waals surface area contributed by atoms with Crippen molar-refractivity contribution >= 4 is 15.9 Å². The van der Waals surface area contributed by atoms with Crippen LogP contribution in [0.25, 0.3) is 11.3 Å². The fraction of sp³-hybridized carbons (Fsp3) is 0.400. The Labute approximate surface area is 121 Å². The number of hydrogen-bond donors (Lipinski definition) is 2. The summed E-state index contributed by atoms with van der Waals surface area (Å²) in [6.07, 6.45) is 4.56. The molecular formula is C15H16BrN3. The van der Waals surface area contributed by atoms with E-state index >= 15 is 0 Å². The van der Waals surface area contributed by atoms with Crippen molar-refractivity contribution in [3.8, 4) is 11.3 Å². The molecule has 1 aliphatic heterocycles. The van der Waals surface area contributed by atoms with Crippen molar-refractivity contribution in [3.63, 3.8) is 0 Å². The van der Waals surface area contributed by atoms with Crippen molar-refractivity contribution in [1.82, 2.24) is 15.3 Å². The van der Waals surface area contributed by atoms with Gasteiger partial charge in [0, 0.05) is 34.6 Å². The van der Waals surface area contributed by atoms with Gasteiger partial charge in [0.15, 0.2) is 0 Å². The van der Waals surface area contributed by atoms with Gasteiger partial charge in [0.25, 0.3) is 0 Å². The van der Waals surface area contributed by atoms with Crippen LogP contribution in [-0.4, -0.2) is 22.6 Å². The highest BCUT2D eigenvalue weighted by Crippen LogP contribution is 2.38. The molecule has 4 rings (SSSR count). The van der Waals surface area contributed by atoms with Gasteiger partial charge in [-0.2, -0.15) is 0 Å². The third kappa shape index (κ3) is 1.94. The molecule has 0 saturated carbocycles. The highest BCUT2D eigenvalue weighted by molar-refractivity contribution is 9.10. The van der Waals surface area contributed by atoms with Crippen LogP contribution < -0.4 is 5.32 Å². The molecule has 98 valence electrons. The van der Waals surface area contributed by atoms with Gasteiger partial charge in [0.2, 0.25) is 0 Å². The monoisotopic (exact) mass is 317 g/mol. The SMILES string of the molecule is Brc1cccc2c1Cc1[nH]c(CC3CCCN3)nc1-2. The maximum Gasteiger partial charge on any atom is 0.108 e. The molecule has 1 saturated heterocycles. The molecule has 2 aliphatic rings. The highest BCUT2D eigenvalue weighted by atomic mass is 79.9. The molecule has 2 N–H and O–H groups in total. The van der Waals surface area contributed by atoms with Gasteiger partial charge in [-0.15, -0.1) is 0 Å². The van der Waals surface area contributed by atoms with Crippen molar-refractivity contribution < 1.29 is 0 Å². The van der Waals surface area contributed by atoms with Crippen molar-refractivity contribution in [2.75, 3.05) is 6.54 Å². The minimum absolute atomic E-state index is 0.605. The molecule has 1 fully saturated rings. The lowest BCUT2D eigenvalue weighted by Gasteiger charge is -2.07. The summed E-state index contributed by atoms with van der Waals surface area (Å²) in [6, 6.07) is 6.97. The largest absolute Gasteiger partial charge is 0.345 e. The molecule has 1 aromatic carbocycles. The number of aromatic amines is 1. The number of rotatable bonds is 2. The molecule has 2 aromatic rings.